The number of nitrogens with zero attached hydrogens (tertiary/aromatic N) is 1. The molecule has 1 aromatic carbocycles. The topological polar surface area (TPSA) is 102 Å². The van der Waals surface area contributed by atoms with Crippen LogP contribution in [-0.4, -0.2) is 42.8 Å². The fourth-order valence-electron chi connectivity index (χ4n) is 3.59. The Morgan fingerprint density at radius 3 is 2.50 bits per heavy atom. The van der Waals surface area contributed by atoms with Gasteiger partial charge in [0.25, 0.3) is 11.8 Å². The first-order valence-corrected chi connectivity index (χ1v) is 10.8. The first-order chi connectivity index (χ1) is 14.2. The third kappa shape index (κ3) is 4.44. The number of ether oxygens (including phenoxy) is 1. The number of amides is 3. The molecule has 0 saturated carbocycles. The number of anilines is 1. The quantitative estimate of drug-likeness (QED) is 0.727. The number of thiophene rings is 1. The zero-order chi connectivity index (χ0) is 22.0. The Hall–Kier alpha value is -2.58. The smallest absolute Gasteiger partial charge is 0.257 e. The van der Waals surface area contributed by atoms with Gasteiger partial charge in [-0.1, -0.05) is 11.6 Å². The van der Waals surface area contributed by atoms with Gasteiger partial charge in [0.1, 0.15) is 10.8 Å². The summed E-state index contributed by atoms with van der Waals surface area (Å²) < 4.78 is 5.27. The molecule has 30 heavy (non-hydrogen) atoms. The van der Waals surface area contributed by atoms with E-state index in [-0.39, 0.29) is 17.7 Å². The molecule has 3 N–H and O–H groups in total. The van der Waals surface area contributed by atoms with Crippen LogP contribution in [0.25, 0.3) is 0 Å². The minimum atomic E-state index is -0.553. The Labute approximate surface area is 184 Å². The summed E-state index contributed by atoms with van der Waals surface area (Å²) in [7, 11) is 1.50. The van der Waals surface area contributed by atoms with E-state index in [4.69, 9.17) is 22.1 Å². The van der Waals surface area contributed by atoms with Gasteiger partial charge >= 0.3 is 0 Å². The van der Waals surface area contributed by atoms with Crippen LogP contribution in [-0.2, 0) is 4.79 Å². The fraction of sp³-hybridized carbons (Fsp3) is 0.381. The number of benzene rings is 1. The summed E-state index contributed by atoms with van der Waals surface area (Å²) >= 11 is 7.38. The van der Waals surface area contributed by atoms with Gasteiger partial charge in [-0.05, 0) is 50.5 Å². The number of carbonyl (C=O) groups excluding carboxylic acids is 3. The number of hydrogen-bond acceptors (Lipinski definition) is 5. The van der Waals surface area contributed by atoms with Gasteiger partial charge in [0.2, 0.25) is 5.91 Å². The summed E-state index contributed by atoms with van der Waals surface area (Å²) in [5.41, 5.74) is 7.04. The minimum absolute atomic E-state index is 0.161. The number of halogens is 1. The van der Waals surface area contributed by atoms with E-state index in [1.54, 1.807) is 23.1 Å². The monoisotopic (exact) mass is 449 g/mol. The number of rotatable bonds is 5. The van der Waals surface area contributed by atoms with E-state index >= 15 is 0 Å². The number of aryl methyl sites for hydroxylation is 1. The molecule has 9 heteroatoms. The Balaban J connectivity index is 1.65. The summed E-state index contributed by atoms with van der Waals surface area (Å²) in [4.78, 5) is 40.0. The summed E-state index contributed by atoms with van der Waals surface area (Å²) in [5, 5.41) is 3.81. The van der Waals surface area contributed by atoms with Crippen LogP contribution in [0.5, 0.6) is 5.75 Å². The number of primary amides is 1. The number of hydrogen-bond donors (Lipinski definition) is 2. The molecular formula is C21H24ClN3O4S. The second-order valence-corrected chi connectivity index (χ2v) is 8.91. The molecule has 0 atom stereocenters. The van der Waals surface area contributed by atoms with Gasteiger partial charge in [0, 0.05) is 28.9 Å². The van der Waals surface area contributed by atoms with Crippen LogP contribution < -0.4 is 15.8 Å². The molecule has 7 nitrogen and oxygen atoms in total. The Kier molecular flexibility index (Phi) is 6.67. The molecule has 0 aliphatic carbocycles. The molecule has 1 saturated heterocycles. The number of piperidine rings is 1. The van der Waals surface area contributed by atoms with Crippen molar-refractivity contribution >= 4 is 45.7 Å². The maximum Gasteiger partial charge on any atom is 0.257 e. The van der Waals surface area contributed by atoms with Crippen molar-refractivity contribution in [3.63, 3.8) is 0 Å². The van der Waals surface area contributed by atoms with Crippen molar-refractivity contribution in [3.05, 3.63) is 44.8 Å². The maximum atomic E-state index is 12.9. The van der Waals surface area contributed by atoms with Crippen LogP contribution in [0.4, 0.5) is 5.00 Å². The lowest BCUT2D eigenvalue weighted by molar-refractivity contribution is -0.121. The highest BCUT2D eigenvalue weighted by Crippen LogP contribution is 2.33. The van der Waals surface area contributed by atoms with Crippen molar-refractivity contribution in [2.75, 3.05) is 25.5 Å². The van der Waals surface area contributed by atoms with E-state index in [1.165, 1.54) is 18.4 Å². The van der Waals surface area contributed by atoms with E-state index in [0.29, 0.717) is 52.8 Å². The highest BCUT2D eigenvalue weighted by Gasteiger charge is 2.30. The second-order valence-electron chi connectivity index (χ2n) is 7.25. The predicted molar refractivity (Wildman–Crippen MR) is 118 cm³/mol. The molecule has 3 amide bonds. The molecule has 1 fully saturated rings. The molecule has 1 aliphatic rings. The number of nitrogens with two attached hydrogens (primary N) is 1. The number of carbonyl (C=O) groups is 3. The molecule has 160 valence electrons. The van der Waals surface area contributed by atoms with Gasteiger partial charge in [-0.15, -0.1) is 11.3 Å². The van der Waals surface area contributed by atoms with Crippen molar-refractivity contribution in [2.45, 2.75) is 26.7 Å². The average Bonchev–Trinajstić information content (AvgIpc) is 3.00. The largest absolute Gasteiger partial charge is 0.496 e. The van der Waals surface area contributed by atoms with Crippen molar-refractivity contribution in [1.82, 2.24) is 4.90 Å². The molecule has 0 unspecified atom stereocenters. The summed E-state index contributed by atoms with van der Waals surface area (Å²) in [6.45, 7) is 4.58. The molecule has 0 bridgehead atoms. The van der Waals surface area contributed by atoms with Crippen LogP contribution >= 0.6 is 22.9 Å². The summed E-state index contributed by atoms with van der Waals surface area (Å²) in [6.07, 6.45) is 1.05. The van der Waals surface area contributed by atoms with Gasteiger partial charge in [0.15, 0.2) is 0 Å². The second kappa shape index (κ2) is 9.06. The molecule has 2 heterocycles. The van der Waals surface area contributed by atoms with Crippen molar-refractivity contribution in [1.29, 1.82) is 0 Å². The Bertz CT molecular complexity index is 996. The van der Waals surface area contributed by atoms with Gasteiger partial charge in [-0.3, -0.25) is 14.4 Å². The molecular weight excluding hydrogens is 426 g/mol. The van der Waals surface area contributed by atoms with E-state index in [0.717, 1.165) is 10.4 Å². The number of methoxy groups -OCH3 is 1. The fourth-order valence-corrected chi connectivity index (χ4v) is 4.83. The lowest BCUT2D eigenvalue weighted by Crippen LogP contribution is -2.41. The summed E-state index contributed by atoms with van der Waals surface area (Å²) in [6, 6.07) is 4.92. The van der Waals surface area contributed by atoms with Crippen LogP contribution in [0, 0.1) is 19.8 Å². The van der Waals surface area contributed by atoms with Crippen LogP contribution in [0.15, 0.2) is 18.2 Å². The Morgan fingerprint density at radius 2 is 1.90 bits per heavy atom. The van der Waals surface area contributed by atoms with Crippen LogP contribution in [0.1, 0.15) is 44.0 Å². The van der Waals surface area contributed by atoms with Gasteiger partial charge < -0.3 is 20.7 Å². The Morgan fingerprint density at radius 1 is 1.23 bits per heavy atom. The highest BCUT2D eigenvalue weighted by atomic mass is 35.5. The molecule has 0 radical (unpaired) electrons. The lowest BCUT2D eigenvalue weighted by Gasteiger charge is -2.31. The van der Waals surface area contributed by atoms with Crippen molar-refractivity contribution in [2.24, 2.45) is 11.7 Å². The molecule has 2 aromatic rings. The third-order valence-corrected chi connectivity index (χ3v) is 6.77. The minimum Gasteiger partial charge on any atom is -0.496 e. The zero-order valence-corrected chi connectivity index (χ0v) is 18.7. The van der Waals surface area contributed by atoms with Crippen LogP contribution in [0.3, 0.4) is 0 Å². The molecule has 3 rings (SSSR count). The molecule has 1 aromatic heterocycles. The van der Waals surface area contributed by atoms with E-state index < -0.39 is 5.91 Å². The van der Waals surface area contributed by atoms with Crippen LogP contribution in [0.2, 0.25) is 5.02 Å². The van der Waals surface area contributed by atoms with E-state index in [9.17, 15) is 14.4 Å². The van der Waals surface area contributed by atoms with Gasteiger partial charge in [-0.2, -0.15) is 0 Å². The van der Waals surface area contributed by atoms with Crippen molar-refractivity contribution in [3.8, 4) is 5.75 Å². The normalized spacial score (nSPS) is 14.5. The molecule has 0 spiro atoms. The summed E-state index contributed by atoms with van der Waals surface area (Å²) in [5.74, 6) is -0.673. The number of nitrogens with one attached hydrogen (secondary N) is 1. The van der Waals surface area contributed by atoms with Gasteiger partial charge in [-0.25, -0.2) is 0 Å². The molecule has 1 aliphatic heterocycles. The van der Waals surface area contributed by atoms with E-state index in [1.807, 2.05) is 13.8 Å². The average molecular weight is 450 g/mol. The lowest BCUT2D eigenvalue weighted by atomic mass is 9.95. The number of likely N-dealkylation sites (tertiary alicyclic amines) is 1. The highest BCUT2D eigenvalue weighted by molar-refractivity contribution is 7.16. The first kappa shape index (κ1) is 22.1. The predicted octanol–water partition coefficient (Wildman–Crippen LogP) is 3.62. The SMILES string of the molecule is COc1ccc(Cl)cc1C(=O)N1CCC(C(=O)Nc2sc(C)c(C)c2C(N)=O)CC1. The van der Waals surface area contributed by atoms with E-state index in [2.05, 4.69) is 5.32 Å². The maximum absolute atomic E-state index is 12.9. The van der Waals surface area contributed by atoms with Gasteiger partial charge in [0.05, 0.1) is 18.2 Å². The standard InChI is InChI=1S/C21H24ClN3O4S/c1-11-12(2)30-20(17(11)18(23)26)24-19(27)13-6-8-25(9-7-13)21(28)15-10-14(22)4-5-16(15)29-3/h4-5,10,13H,6-9H2,1-3H3,(H2,23,26)(H,24,27). The third-order valence-electron chi connectivity index (χ3n) is 5.41. The first-order valence-electron chi connectivity index (χ1n) is 9.56. The van der Waals surface area contributed by atoms with Crippen molar-refractivity contribution < 1.29 is 19.1 Å². The zero-order valence-electron chi connectivity index (χ0n) is 17.1.